The SMILES string of the molecule is O=c1[nH]c2cc3c(cc2cc1CN(Cc1ccc2c(c1)OCO2)C(=S)NC[C@H]1CCCO1)OCCO3. The summed E-state index contributed by atoms with van der Waals surface area (Å²) < 4.78 is 28.1. The Balaban J connectivity index is 1.27. The van der Waals surface area contributed by atoms with Gasteiger partial charge in [-0.2, -0.15) is 0 Å². The predicted octanol–water partition coefficient (Wildman–Crippen LogP) is 3.08. The molecule has 6 rings (SSSR count). The van der Waals surface area contributed by atoms with Crippen LogP contribution in [0.25, 0.3) is 10.9 Å². The summed E-state index contributed by atoms with van der Waals surface area (Å²) in [7, 11) is 0. The molecule has 3 aliphatic rings. The molecule has 36 heavy (non-hydrogen) atoms. The topological polar surface area (TPSA) is 94.3 Å². The Labute approximate surface area is 213 Å². The summed E-state index contributed by atoms with van der Waals surface area (Å²) >= 11 is 5.78. The Morgan fingerprint density at radius 2 is 1.78 bits per heavy atom. The van der Waals surface area contributed by atoms with Crippen molar-refractivity contribution >= 4 is 28.2 Å². The highest BCUT2D eigenvalue weighted by molar-refractivity contribution is 7.80. The van der Waals surface area contributed by atoms with Crippen LogP contribution in [0.15, 0.2) is 41.2 Å². The van der Waals surface area contributed by atoms with Gasteiger partial charge in [-0.25, -0.2) is 0 Å². The average Bonchev–Trinajstić information content (AvgIpc) is 3.58. The molecule has 0 spiro atoms. The number of nitrogens with one attached hydrogen (secondary N) is 2. The molecule has 188 valence electrons. The third-order valence-electron chi connectivity index (χ3n) is 6.55. The van der Waals surface area contributed by atoms with Gasteiger partial charge in [0.15, 0.2) is 28.1 Å². The van der Waals surface area contributed by atoms with Crippen molar-refractivity contribution in [3.8, 4) is 23.0 Å². The minimum Gasteiger partial charge on any atom is -0.486 e. The third-order valence-corrected chi connectivity index (χ3v) is 6.95. The molecule has 2 N–H and O–H groups in total. The number of hydrogen-bond acceptors (Lipinski definition) is 7. The van der Waals surface area contributed by atoms with E-state index in [1.165, 1.54) is 0 Å². The highest BCUT2D eigenvalue weighted by Crippen LogP contribution is 2.34. The van der Waals surface area contributed by atoms with Crippen molar-refractivity contribution in [1.82, 2.24) is 15.2 Å². The number of ether oxygens (including phenoxy) is 5. The molecule has 0 unspecified atom stereocenters. The van der Waals surface area contributed by atoms with E-state index in [2.05, 4.69) is 10.3 Å². The van der Waals surface area contributed by atoms with E-state index in [4.69, 9.17) is 35.9 Å². The van der Waals surface area contributed by atoms with Gasteiger partial charge in [0.05, 0.1) is 18.2 Å². The van der Waals surface area contributed by atoms with Gasteiger partial charge >= 0.3 is 0 Å². The molecule has 0 radical (unpaired) electrons. The largest absolute Gasteiger partial charge is 0.486 e. The van der Waals surface area contributed by atoms with Gasteiger partial charge in [0.1, 0.15) is 13.2 Å². The Kier molecular flexibility index (Phi) is 6.28. The third kappa shape index (κ3) is 4.78. The van der Waals surface area contributed by atoms with Crippen molar-refractivity contribution in [2.24, 2.45) is 0 Å². The maximum Gasteiger partial charge on any atom is 0.253 e. The number of fused-ring (bicyclic) bond motifs is 3. The Bertz CT molecular complexity index is 1350. The number of pyridine rings is 1. The van der Waals surface area contributed by atoms with E-state index < -0.39 is 0 Å². The van der Waals surface area contributed by atoms with E-state index >= 15 is 0 Å². The van der Waals surface area contributed by atoms with Crippen LogP contribution in [0, 0.1) is 0 Å². The number of aromatic amines is 1. The zero-order valence-corrected chi connectivity index (χ0v) is 20.5. The van der Waals surface area contributed by atoms with Crippen LogP contribution in [0.5, 0.6) is 23.0 Å². The second kappa shape index (κ2) is 9.87. The average molecular weight is 510 g/mol. The lowest BCUT2D eigenvalue weighted by molar-refractivity contribution is 0.113. The van der Waals surface area contributed by atoms with Gasteiger partial charge in [0, 0.05) is 36.7 Å². The highest BCUT2D eigenvalue weighted by Gasteiger charge is 2.21. The summed E-state index contributed by atoms with van der Waals surface area (Å²) in [5.74, 6) is 2.75. The van der Waals surface area contributed by atoms with Crippen LogP contribution in [0.1, 0.15) is 24.0 Å². The van der Waals surface area contributed by atoms with Gasteiger partial charge in [0.2, 0.25) is 6.79 Å². The molecule has 0 saturated carbocycles. The molecule has 4 heterocycles. The minimum atomic E-state index is -0.170. The first-order valence-corrected chi connectivity index (χ1v) is 12.5. The van der Waals surface area contributed by atoms with E-state index in [1.54, 1.807) is 0 Å². The molecule has 1 fully saturated rings. The van der Waals surface area contributed by atoms with E-state index in [1.807, 2.05) is 41.3 Å². The molecule has 10 heteroatoms. The summed E-state index contributed by atoms with van der Waals surface area (Å²) in [6.45, 7) is 3.44. The van der Waals surface area contributed by atoms with Crippen molar-refractivity contribution in [3.05, 3.63) is 57.9 Å². The first-order valence-electron chi connectivity index (χ1n) is 12.1. The van der Waals surface area contributed by atoms with Gasteiger partial charge in [0.25, 0.3) is 5.56 Å². The molecule has 9 nitrogen and oxygen atoms in total. The summed E-state index contributed by atoms with van der Waals surface area (Å²) in [6.07, 6.45) is 2.22. The molecule has 3 aromatic rings. The first-order chi connectivity index (χ1) is 17.6. The van der Waals surface area contributed by atoms with Crippen LogP contribution in [0.4, 0.5) is 0 Å². The van der Waals surface area contributed by atoms with Gasteiger partial charge in [-0.1, -0.05) is 6.07 Å². The zero-order chi connectivity index (χ0) is 24.5. The number of thiocarbonyl (C=S) groups is 1. The highest BCUT2D eigenvalue weighted by atomic mass is 32.1. The molecule has 1 aromatic heterocycles. The molecule has 3 aliphatic heterocycles. The maximum atomic E-state index is 13.1. The van der Waals surface area contributed by atoms with E-state index in [0.29, 0.717) is 66.3 Å². The number of benzene rings is 2. The van der Waals surface area contributed by atoms with Crippen LogP contribution in [-0.2, 0) is 17.8 Å². The zero-order valence-electron chi connectivity index (χ0n) is 19.7. The molecular formula is C26H27N3O6S. The lowest BCUT2D eigenvalue weighted by Crippen LogP contribution is -2.42. The monoisotopic (exact) mass is 509 g/mol. The number of nitrogens with zero attached hydrogens (tertiary/aromatic N) is 1. The van der Waals surface area contributed by atoms with E-state index in [0.717, 1.165) is 36.1 Å². The summed E-state index contributed by atoms with van der Waals surface area (Å²) in [5, 5.41) is 4.77. The minimum absolute atomic E-state index is 0.146. The van der Waals surface area contributed by atoms with Gasteiger partial charge in [-0.05, 0) is 54.9 Å². The van der Waals surface area contributed by atoms with Crippen LogP contribution in [0.2, 0.25) is 0 Å². The quantitative estimate of drug-likeness (QED) is 0.486. The Morgan fingerprint density at radius 1 is 0.972 bits per heavy atom. The number of aromatic nitrogens is 1. The Hall–Kier alpha value is -3.50. The first kappa shape index (κ1) is 22.9. The molecule has 1 saturated heterocycles. The van der Waals surface area contributed by atoms with Crippen molar-refractivity contribution in [3.63, 3.8) is 0 Å². The standard InChI is InChI=1S/C26H27N3O6S/c30-25-18(9-17-10-23-24(11-20(17)28-25)33-7-6-32-23)14-29(26(36)27-12-19-2-1-5-31-19)13-16-3-4-21-22(8-16)35-15-34-21/h3-4,8-11,19H,1-2,5-7,12-15H2,(H,27,36)(H,28,30)/t19-/m1/s1. The summed E-state index contributed by atoms with van der Waals surface area (Å²) in [6, 6.07) is 11.4. The van der Waals surface area contributed by atoms with Crippen molar-refractivity contribution in [2.75, 3.05) is 33.2 Å². The summed E-state index contributed by atoms with van der Waals surface area (Å²) in [4.78, 5) is 18.0. The van der Waals surface area contributed by atoms with Crippen LogP contribution in [0.3, 0.4) is 0 Å². The van der Waals surface area contributed by atoms with E-state index in [-0.39, 0.29) is 18.5 Å². The number of hydrogen-bond donors (Lipinski definition) is 2. The van der Waals surface area contributed by atoms with Gasteiger partial charge < -0.3 is 38.9 Å². The van der Waals surface area contributed by atoms with Gasteiger partial charge in [-0.3, -0.25) is 4.79 Å². The second-order valence-corrected chi connectivity index (χ2v) is 9.46. The second-order valence-electron chi connectivity index (χ2n) is 9.07. The number of rotatable bonds is 6. The van der Waals surface area contributed by atoms with Crippen molar-refractivity contribution in [1.29, 1.82) is 0 Å². The van der Waals surface area contributed by atoms with Crippen molar-refractivity contribution in [2.45, 2.75) is 32.0 Å². The number of H-pyrrole nitrogens is 1. The smallest absolute Gasteiger partial charge is 0.253 e. The van der Waals surface area contributed by atoms with Crippen LogP contribution < -0.4 is 29.8 Å². The van der Waals surface area contributed by atoms with Gasteiger partial charge in [-0.15, -0.1) is 0 Å². The van der Waals surface area contributed by atoms with Crippen LogP contribution >= 0.6 is 12.2 Å². The molecule has 0 aliphatic carbocycles. The lowest BCUT2D eigenvalue weighted by atomic mass is 10.1. The molecular weight excluding hydrogens is 482 g/mol. The normalized spacial score (nSPS) is 17.8. The summed E-state index contributed by atoms with van der Waals surface area (Å²) in [5.41, 5.74) is 2.13. The fourth-order valence-electron chi connectivity index (χ4n) is 4.69. The fraction of sp³-hybridized carbons (Fsp3) is 0.385. The molecule has 0 bridgehead atoms. The van der Waals surface area contributed by atoms with Crippen molar-refractivity contribution < 1.29 is 23.7 Å². The maximum absolute atomic E-state index is 13.1. The predicted molar refractivity (Wildman–Crippen MR) is 137 cm³/mol. The molecule has 1 atom stereocenters. The molecule has 0 amide bonds. The molecule has 2 aromatic carbocycles. The Morgan fingerprint density at radius 3 is 2.61 bits per heavy atom. The van der Waals surface area contributed by atoms with Crippen LogP contribution in [-0.4, -0.2) is 54.3 Å². The van der Waals surface area contributed by atoms with E-state index in [9.17, 15) is 4.79 Å². The fourth-order valence-corrected chi connectivity index (χ4v) is 4.90. The lowest BCUT2D eigenvalue weighted by Gasteiger charge is -2.27.